The Labute approximate surface area is 190 Å². The molecule has 1 aromatic heterocycles. The molecule has 168 valence electrons. The van der Waals surface area contributed by atoms with Crippen molar-refractivity contribution in [2.45, 2.75) is 26.7 Å². The van der Waals surface area contributed by atoms with Crippen molar-refractivity contribution in [2.24, 2.45) is 0 Å². The summed E-state index contributed by atoms with van der Waals surface area (Å²) < 4.78 is 34.5. The third kappa shape index (κ3) is 5.26. The third-order valence-corrected chi connectivity index (χ3v) is 5.24. The SMILES string of the molecule is Cc1ccccc1Oc1c(CCC(=O)Nc2ccc(F)cc2)c(C)nn1-c1ccc(F)cc1. The highest BCUT2D eigenvalue weighted by Crippen LogP contribution is 2.33. The lowest BCUT2D eigenvalue weighted by Crippen LogP contribution is -2.12. The molecule has 0 bridgehead atoms. The van der Waals surface area contributed by atoms with Gasteiger partial charge < -0.3 is 10.1 Å². The van der Waals surface area contributed by atoms with Gasteiger partial charge >= 0.3 is 0 Å². The van der Waals surface area contributed by atoms with E-state index in [9.17, 15) is 13.6 Å². The van der Waals surface area contributed by atoms with E-state index < -0.39 is 0 Å². The first-order chi connectivity index (χ1) is 15.9. The number of hydrogen-bond acceptors (Lipinski definition) is 3. The molecule has 0 radical (unpaired) electrons. The van der Waals surface area contributed by atoms with Crippen molar-refractivity contribution in [3.63, 3.8) is 0 Å². The number of nitrogens with one attached hydrogen (secondary N) is 1. The second-order valence-electron chi connectivity index (χ2n) is 7.68. The average Bonchev–Trinajstić information content (AvgIpc) is 3.11. The Morgan fingerprint density at radius 2 is 1.58 bits per heavy atom. The summed E-state index contributed by atoms with van der Waals surface area (Å²) in [5.41, 5.74) is 3.60. The van der Waals surface area contributed by atoms with Crippen molar-refractivity contribution in [3.8, 4) is 17.3 Å². The van der Waals surface area contributed by atoms with Crippen LogP contribution in [0.1, 0.15) is 23.2 Å². The number of aryl methyl sites for hydroxylation is 2. The van der Waals surface area contributed by atoms with Crippen molar-refractivity contribution in [1.82, 2.24) is 9.78 Å². The highest BCUT2D eigenvalue weighted by atomic mass is 19.1. The topological polar surface area (TPSA) is 56.1 Å². The second-order valence-corrected chi connectivity index (χ2v) is 7.68. The number of benzene rings is 3. The van der Waals surface area contributed by atoms with Gasteiger partial charge in [0.15, 0.2) is 0 Å². The quantitative estimate of drug-likeness (QED) is 0.371. The maximum absolute atomic E-state index is 13.5. The molecule has 7 heteroatoms. The molecular weight excluding hydrogens is 424 g/mol. The predicted octanol–water partition coefficient (Wildman–Crippen LogP) is 6.13. The van der Waals surface area contributed by atoms with Crippen LogP contribution in [-0.2, 0) is 11.2 Å². The number of hydrogen-bond donors (Lipinski definition) is 1. The van der Waals surface area contributed by atoms with E-state index in [4.69, 9.17) is 4.74 Å². The standard InChI is InChI=1S/C26H23F2N3O2/c1-17-5-3-4-6-24(17)33-26-23(15-16-25(32)29-21-11-7-19(27)8-12-21)18(2)30-31(26)22-13-9-20(28)10-14-22/h3-14H,15-16H2,1-2H3,(H,29,32). The summed E-state index contributed by atoms with van der Waals surface area (Å²) in [6, 6.07) is 19.2. The lowest BCUT2D eigenvalue weighted by atomic mass is 10.1. The van der Waals surface area contributed by atoms with Gasteiger partial charge in [-0.2, -0.15) is 5.10 Å². The van der Waals surface area contributed by atoms with Crippen molar-refractivity contribution in [3.05, 3.63) is 101 Å². The van der Waals surface area contributed by atoms with Gasteiger partial charge in [-0.05, 0) is 80.4 Å². The normalized spacial score (nSPS) is 10.8. The van der Waals surface area contributed by atoms with E-state index in [1.807, 2.05) is 38.1 Å². The number of anilines is 1. The summed E-state index contributed by atoms with van der Waals surface area (Å²) in [6.07, 6.45) is 0.554. The second kappa shape index (κ2) is 9.65. The van der Waals surface area contributed by atoms with Gasteiger partial charge in [0.05, 0.1) is 11.4 Å². The summed E-state index contributed by atoms with van der Waals surface area (Å²) in [4.78, 5) is 12.5. The highest BCUT2D eigenvalue weighted by Gasteiger charge is 2.20. The third-order valence-electron chi connectivity index (χ3n) is 5.24. The minimum atomic E-state index is -0.366. The van der Waals surface area contributed by atoms with Crippen LogP contribution in [0.4, 0.5) is 14.5 Å². The van der Waals surface area contributed by atoms with Gasteiger partial charge in [0, 0.05) is 17.7 Å². The fraction of sp³-hybridized carbons (Fsp3) is 0.154. The fourth-order valence-corrected chi connectivity index (χ4v) is 3.46. The van der Waals surface area contributed by atoms with Crippen molar-refractivity contribution in [1.29, 1.82) is 0 Å². The minimum Gasteiger partial charge on any atom is -0.438 e. The molecule has 0 saturated carbocycles. The van der Waals surface area contributed by atoms with E-state index in [1.54, 1.807) is 16.8 Å². The van der Waals surface area contributed by atoms with Crippen LogP contribution >= 0.6 is 0 Å². The summed E-state index contributed by atoms with van der Waals surface area (Å²) in [5, 5.41) is 7.37. The zero-order valence-electron chi connectivity index (χ0n) is 18.3. The van der Waals surface area contributed by atoms with Crippen LogP contribution in [0.3, 0.4) is 0 Å². The van der Waals surface area contributed by atoms with Crippen LogP contribution in [0.15, 0.2) is 72.8 Å². The van der Waals surface area contributed by atoms with Crippen molar-refractivity contribution < 1.29 is 18.3 Å². The predicted molar refractivity (Wildman–Crippen MR) is 123 cm³/mol. The Bertz CT molecular complexity index is 1270. The smallest absolute Gasteiger partial charge is 0.226 e. The molecule has 5 nitrogen and oxygen atoms in total. The Morgan fingerprint density at radius 3 is 2.24 bits per heavy atom. The Kier molecular flexibility index (Phi) is 6.49. The highest BCUT2D eigenvalue weighted by molar-refractivity contribution is 5.90. The van der Waals surface area contributed by atoms with Gasteiger partial charge in [-0.1, -0.05) is 18.2 Å². The van der Waals surface area contributed by atoms with Gasteiger partial charge in [-0.3, -0.25) is 4.79 Å². The molecule has 3 aromatic carbocycles. The summed E-state index contributed by atoms with van der Waals surface area (Å²) in [6.45, 7) is 3.79. The molecule has 0 aliphatic heterocycles. The zero-order chi connectivity index (χ0) is 23.4. The van der Waals surface area contributed by atoms with Gasteiger partial charge in [0.1, 0.15) is 17.4 Å². The Hall–Kier alpha value is -4.00. The van der Waals surface area contributed by atoms with E-state index in [0.29, 0.717) is 35.1 Å². The van der Waals surface area contributed by atoms with Gasteiger partial charge in [-0.15, -0.1) is 0 Å². The van der Waals surface area contributed by atoms with Gasteiger partial charge in [0.25, 0.3) is 0 Å². The molecule has 1 N–H and O–H groups in total. The van der Waals surface area contributed by atoms with Crippen LogP contribution in [0, 0.1) is 25.5 Å². The molecule has 0 fully saturated rings. The summed E-state index contributed by atoms with van der Waals surface area (Å²) >= 11 is 0. The maximum Gasteiger partial charge on any atom is 0.226 e. The maximum atomic E-state index is 13.5. The first-order valence-corrected chi connectivity index (χ1v) is 10.5. The van der Waals surface area contributed by atoms with E-state index in [-0.39, 0.29) is 24.0 Å². The van der Waals surface area contributed by atoms with E-state index in [0.717, 1.165) is 11.1 Å². The monoisotopic (exact) mass is 447 g/mol. The number of ether oxygens (including phenoxy) is 1. The molecule has 4 aromatic rings. The van der Waals surface area contributed by atoms with E-state index >= 15 is 0 Å². The Morgan fingerprint density at radius 1 is 0.939 bits per heavy atom. The largest absolute Gasteiger partial charge is 0.438 e. The van der Waals surface area contributed by atoms with Gasteiger partial charge in [0.2, 0.25) is 11.8 Å². The lowest BCUT2D eigenvalue weighted by molar-refractivity contribution is -0.116. The van der Waals surface area contributed by atoms with Crippen LogP contribution in [0.2, 0.25) is 0 Å². The molecule has 0 aliphatic carbocycles. The number of amides is 1. The zero-order valence-corrected chi connectivity index (χ0v) is 18.3. The van der Waals surface area contributed by atoms with Crippen LogP contribution in [0.5, 0.6) is 11.6 Å². The van der Waals surface area contributed by atoms with Crippen LogP contribution < -0.4 is 10.1 Å². The minimum absolute atomic E-state index is 0.178. The van der Waals surface area contributed by atoms with E-state index in [1.165, 1.54) is 36.4 Å². The molecule has 0 aliphatic rings. The van der Waals surface area contributed by atoms with Crippen LogP contribution in [0.25, 0.3) is 5.69 Å². The fourth-order valence-electron chi connectivity index (χ4n) is 3.46. The number of para-hydroxylation sites is 1. The molecule has 33 heavy (non-hydrogen) atoms. The molecule has 0 atom stereocenters. The molecule has 0 unspecified atom stereocenters. The molecular formula is C26H23F2N3O2. The average molecular weight is 447 g/mol. The molecule has 1 heterocycles. The molecule has 0 spiro atoms. The number of halogens is 2. The number of rotatable bonds is 7. The molecule has 4 rings (SSSR count). The number of carbonyl (C=O) groups excluding carboxylic acids is 1. The molecule has 0 saturated heterocycles. The number of aromatic nitrogens is 2. The molecule has 1 amide bonds. The first kappa shape index (κ1) is 22.2. The summed E-state index contributed by atoms with van der Waals surface area (Å²) in [7, 11) is 0. The van der Waals surface area contributed by atoms with Crippen LogP contribution in [-0.4, -0.2) is 15.7 Å². The lowest BCUT2D eigenvalue weighted by Gasteiger charge is -2.13. The first-order valence-electron chi connectivity index (χ1n) is 10.5. The Balaban J connectivity index is 1.62. The number of nitrogens with zero attached hydrogens (tertiary/aromatic N) is 2. The number of carbonyl (C=O) groups is 1. The van der Waals surface area contributed by atoms with Crippen molar-refractivity contribution in [2.75, 3.05) is 5.32 Å². The summed E-state index contributed by atoms with van der Waals surface area (Å²) in [5.74, 6) is 0.217. The van der Waals surface area contributed by atoms with Gasteiger partial charge in [-0.25, -0.2) is 13.5 Å². The van der Waals surface area contributed by atoms with E-state index in [2.05, 4.69) is 10.4 Å². The van der Waals surface area contributed by atoms with Crippen molar-refractivity contribution >= 4 is 11.6 Å².